The van der Waals surface area contributed by atoms with Gasteiger partial charge in [0, 0.05) is 11.8 Å². The zero-order valence-corrected chi connectivity index (χ0v) is 15.0. The van der Waals surface area contributed by atoms with Crippen LogP contribution in [0.15, 0.2) is 48.5 Å². The van der Waals surface area contributed by atoms with Gasteiger partial charge in [0.1, 0.15) is 0 Å². The van der Waals surface area contributed by atoms with E-state index in [1.54, 1.807) is 0 Å². The topological polar surface area (TPSA) is 74.1 Å². The van der Waals surface area contributed by atoms with Crippen LogP contribution in [0.2, 0.25) is 0 Å². The second kappa shape index (κ2) is 6.57. The van der Waals surface area contributed by atoms with Gasteiger partial charge >= 0.3 is 0 Å². The van der Waals surface area contributed by atoms with Crippen LogP contribution in [0.3, 0.4) is 0 Å². The molecule has 27 heavy (non-hydrogen) atoms. The number of anilines is 1. The maximum Gasteiger partial charge on any atom is 0.231 e. The number of ether oxygens (including phenoxy) is 2. The molecular formula is C20H21N5O2. The van der Waals surface area contributed by atoms with Crippen LogP contribution < -0.4 is 14.8 Å². The minimum atomic E-state index is -0.314. The Labute approximate surface area is 157 Å². The monoisotopic (exact) mass is 363 g/mol. The third-order valence-corrected chi connectivity index (χ3v) is 5.36. The summed E-state index contributed by atoms with van der Waals surface area (Å²) in [6.07, 6.45) is 5.47. The molecule has 0 bridgehead atoms. The molecule has 138 valence electrons. The highest BCUT2D eigenvalue weighted by Gasteiger charge is 2.39. The number of hydrogen-bond acceptors (Lipinski definition) is 6. The van der Waals surface area contributed by atoms with Crippen LogP contribution in [0.1, 0.15) is 37.9 Å². The van der Waals surface area contributed by atoms with E-state index in [9.17, 15) is 0 Å². The van der Waals surface area contributed by atoms with Gasteiger partial charge in [0.15, 0.2) is 17.3 Å². The number of hydrogen-bond donors (Lipinski definition) is 1. The standard InChI is InChI=1S/C20H21N5O2/c1-3-7-16(8-4-1)25-19(22-23-24-25)20(11-5-2-6-12-20)21-15-9-10-17-18(13-15)27-14-26-17/h1,3-4,7-10,13,21H,2,5-6,11-12,14H2. The van der Waals surface area contributed by atoms with Crippen LogP contribution in [0.5, 0.6) is 11.5 Å². The molecule has 5 rings (SSSR count). The van der Waals surface area contributed by atoms with Crippen molar-refractivity contribution in [3.8, 4) is 17.2 Å². The number of fused-ring (bicyclic) bond motifs is 1. The third-order valence-electron chi connectivity index (χ3n) is 5.36. The Hall–Kier alpha value is -3.09. The molecule has 7 nitrogen and oxygen atoms in total. The van der Waals surface area contributed by atoms with Gasteiger partial charge in [-0.2, -0.15) is 4.68 Å². The summed E-state index contributed by atoms with van der Waals surface area (Å²) in [4.78, 5) is 0. The maximum absolute atomic E-state index is 5.54. The van der Waals surface area contributed by atoms with E-state index in [2.05, 4.69) is 20.8 Å². The summed E-state index contributed by atoms with van der Waals surface area (Å²) in [7, 11) is 0. The molecule has 2 aromatic carbocycles. The number of aromatic nitrogens is 4. The molecule has 0 unspecified atom stereocenters. The van der Waals surface area contributed by atoms with Crippen LogP contribution in [0, 0.1) is 0 Å². The fourth-order valence-electron chi connectivity index (χ4n) is 4.04. The summed E-state index contributed by atoms with van der Waals surface area (Å²) < 4.78 is 12.8. The first-order chi connectivity index (χ1) is 13.3. The minimum Gasteiger partial charge on any atom is -0.454 e. The summed E-state index contributed by atoms with van der Waals surface area (Å²) in [6.45, 7) is 0.274. The Morgan fingerprint density at radius 2 is 1.74 bits per heavy atom. The summed E-state index contributed by atoms with van der Waals surface area (Å²) >= 11 is 0. The van der Waals surface area contributed by atoms with Crippen molar-refractivity contribution in [3.63, 3.8) is 0 Å². The molecule has 0 saturated heterocycles. The van der Waals surface area contributed by atoms with Gasteiger partial charge in [-0.3, -0.25) is 0 Å². The Morgan fingerprint density at radius 1 is 0.926 bits per heavy atom. The molecule has 0 amide bonds. The fraction of sp³-hybridized carbons (Fsp3) is 0.350. The highest BCUT2D eigenvalue weighted by atomic mass is 16.7. The lowest BCUT2D eigenvalue weighted by atomic mass is 9.80. The van der Waals surface area contributed by atoms with Gasteiger partial charge in [0.25, 0.3) is 0 Å². The Bertz CT molecular complexity index is 935. The molecule has 1 saturated carbocycles. The second-order valence-corrected chi connectivity index (χ2v) is 7.09. The van der Waals surface area contributed by atoms with Gasteiger partial charge < -0.3 is 14.8 Å². The van der Waals surface area contributed by atoms with Crippen molar-refractivity contribution >= 4 is 5.69 Å². The SMILES string of the molecule is c1ccc(-n2nnnc2C2(Nc3ccc4c(c3)OCO4)CCCCC2)cc1. The van der Waals surface area contributed by atoms with E-state index in [1.165, 1.54) is 6.42 Å². The van der Waals surface area contributed by atoms with Crippen molar-refractivity contribution in [1.29, 1.82) is 0 Å². The first-order valence-corrected chi connectivity index (χ1v) is 9.36. The highest BCUT2D eigenvalue weighted by Crippen LogP contribution is 2.41. The van der Waals surface area contributed by atoms with Crippen molar-refractivity contribution in [1.82, 2.24) is 20.2 Å². The molecule has 2 aliphatic rings. The molecule has 7 heteroatoms. The lowest BCUT2D eigenvalue weighted by molar-refractivity contribution is 0.174. The van der Waals surface area contributed by atoms with Gasteiger partial charge in [0.2, 0.25) is 6.79 Å². The van der Waals surface area contributed by atoms with E-state index in [0.717, 1.165) is 54.4 Å². The molecule has 0 atom stereocenters. The first kappa shape index (κ1) is 16.1. The van der Waals surface area contributed by atoms with Crippen molar-refractivity contribution in [2.45, 2.75) is 37.6 Å². The van der Waals surface area contributed by atoms with E-state index >= 15 is 0 Å². The molecule has 2 heterocycles. The van der Waals surface area contributed by atoms with Gasteiger partial charge in [-0.1, -0.05) is 37.5 Å². The summed E-state index contributed by atoms with van der Waals surface area (Å²) in [6, 6.07) is 16.0. The Kier molecular flexibility index (Phi) is 3.92. The van der Waals surface area contributed by atoms with Gasteiger partial charge in [0.05, 0.1) is 11.2 Å². The van der Waals surface area contributed by atoms with Gasteiger partial charge in [-0.25, -0.2) is 0 Å². The third kappa shape index (κ3) is 2.89. The second-order valence-electron chi connectivity index (χ2n) is 7.09. The number of nitrogens with zero attached hydrogens (tertiary/aromatic N) is 4. The quantitative estimate of drug-likeness (QED) is 0.762. The maximum atomic E-state index is 5.54. The van der Waals surface area contributed by atoms with E-state index in [0.29, 0.717) is 0 Å². The predicted molar refractivity (Wildman–Crippen MR) is 100 cm³/mol. The van der Waals surface area contributed by atoms with Crippen molar-refractivity contribution in [3.05, 3.63) is 54.4 Å². The van der Waals surface area contributed by atoms with E-state index < -0.39 is 0 Å². The normalized spacial score (nSPS) is 17.6. The molecule has 1 aliphatic carbocycles. The fourth-order valence-corrected chi connectivity index (χ4v) is 4.04. The molecule has 0 spiro atoms. The number of para-hydroxylation sites is 1. The van der Waals surface area contributed by atoms with Crippen LogP contribution in [0.4, 0.5) is 5.69 Å². The highest BCUT2D eigenvalue weighted by molar-refractivity contribution is 5.57. The average molecular weight is 363 g/mol. The van der Waals surface area contributed by atoms with Crippen LogP contribution in [-0.2, 0) is 5.54 Å². The Morgan fingerprint density at radius 3 is 2.59 bits per heavy atom. The molecule has 0 radical (unpaired) electrons. The number of tetrazole rings is 1. The largest absolute Gasteiger partial charge is 0.454 e. The molecule has 3 aromatic rings. The summed E-state index contributed by atoms with van der Waals surface area (Å²) in [5, 5.41) is 16.5. The van der Waals surface area contributed by atoms with Gasteiger partial charge in [-0.05, 0) is 47.5 Å². The van der Waals surface area contributed by atoms with Crippen LogP contribution in [0.25, 0.3) is 5.69 Å². The zero-order chi connectivity index (χ0) is 18.1. The smallest absolute Gasteiger partial charge is 0.231 e. The number of benzene rings is 2. The first-order valence-electron chi connectivity index (χ1n) is 9.36. The molecule has 1 aromatic heterocycles. The van der Waals surface area contributed by atoms with E-state index in [1.807, 2.05) is 53.2 Å². The zero-order valence-electron chi connectivity index (χ0n) is 15.0. The number of rotatable bonds is 4. The van der Waals surface area contributed by atoms with Crippen molar-refractivity contribution in [2.24, 2.45) is 0 Å². The van der Waals surface area contributed by atoms with Crippen molar-refractivity contribution in [2.75, 3.05) is 12.1 Å². The molecule has 1 aliphatic heterocycles. The molecule has 1 fully saturated rings. The lowest BCUT2D eigenvalue weighted by Crippen LogP contribution is -2.40. The minimum absolute atomic E-state index is 0.274. The van der Waals surface area contributed by atoms with E-state index in [4.69, 9.17) is 9.47 Å². The molecular weight excluding hydrogens is 342 g/mol. The molecule has 1 N–H and O–H groups in total. The van der Waals surface area contributed by atoms with Gasteiger partial charge in [-0.15, -0.1) is 5.10 Å². The predicted octanol–water partition coefficient (Wildman–Crippen LogP) is 3.66. The van der Waals surface area contributed by atoms with E-state index in [-0.39, 0.29) is 12.3 Å². The Balaban J connectivity index is 1.55. The van der Waals surface area contributed by atoms with Crippen LogP contribution in [-0.4, -0.2) is 27.0 Å². The lowest BCUT2D eigenvalue weighted by Gasteiger charge is -2.37. The van der Waals surface area contributed by atoms with Crippen LogP contribution >= 0.6 is 0 Å². The summed E-state index contributed by atoms with van der Waals surface area (Å²) in [5.74, 6) is 2.41. The van der Waals surface area contributed by atoms with Crippen molar-refractivity contribution < 1.29 is 9.47 Å². The number of nitrogens with one attached hydrogen (secondary N) is 1. The average Bonchev–Trinajstić information content (AvgIpc) is 3.39. The summed E-state index contributed by atoms with van der Waals surface area (Å²) in [5.41, 5.74) is 1.64.